The second-order valence-electron chi connectivity index (χ2n) is 4.86. The summed E-state index contributed by atoms with van der Waals surface area (Å²) < 4.78 is 1.46. The van der Waals surface area contributed by atoms with Gasteiger partial charge in [-0.3, -0.25) is 9.36 Å². The van der Waals surface area contributed by atoms with Gasteiger partial charge in [-0.05, 0) is 12.1 Å². The Morgan fingerprint density at radius 2 is 2.10 bits per heavy atom. The topological polar surface area (TPSA) is 78.9 Å². The molecule has 2 heterocycles. The highest BCUT2D eigenvalue weighted by Crippen LogP contribution is 2.08. The number of carbonyl (C=O) groups excluding carboxylic acids is 1. The predicted molar refractivity (Wildman–Crippen MR) is 79.2 cm³/mol. The Morgan fingerprint density at radius 1 is 1.35 bits per heavy atom. The smallest absolute Gasteiger partial charge is 0.326 e. The van der Waals surface area contributed by atoms with Crippen molar-refractivity contribution in [3.05, 3.63) is 34.7 Å². The minimum absolute atomic E-state index is 0. The molecule has 0 unspecified atom stereocenters. The molecule has 1 aliphatic heterocycles. The number of halogens is 1. The maximum Gasteiger partial charge on any atom is 0.326 e. The van der Waals surface area contributed by atoms with Crippen LogP contribution in [0.1, 0.15) is 0 Å². The minimum atomic E-state index is -0.248. The number of aromatic nitrogens is 2. The summed E-state index contributed by atoms with van der Waals surface area (Å²) in [5.41, 5.74) is 1.26. The Hall–Kier alpha value is -1.79. The van der Waals surface area contributed by atoms with E-state index in [2.05, 4.69) is 15.6 Å². The standard InChI is InChI=1S/C13H16N4O2.ClH/c18-12(15-7-9-5-14-6-9)8-17-11-4-2-1-3-10(11)16-13(17)19;/h1-4,9,14H,5-8H2,(H,15,18)(H,16,19);1H. The van der Waals surface area contributed by atoms with Crippen molar-refractivity contribution < 1.29 is 4.79 Å². The first kappa shape index (κ1) is 14.6. The number of rotatable bonds is 4. The van der Waals surface area contributed by atoms with Crippen LogP contribution in [-0.2, 0) is 11.3 Å². The van der Waals surface area contributed by atoms with E-state index in [-0.39, 0.29) is 30.5 Å². The van der Waals surface area contributed by atoms with Gasteiger partial charge in [0.05, 0.1) is 11.0 Å². The van der Waals surface area contributed by atoms with Gasteiger partial charge in [0.2, 0.25) is 5.91 Å². The molecule has 1 fully saturated rings. The predicted octanol–water partition coefficient (Wildman–Crippen LogP) is 0.0870. The summed E-state index contributed by atoms with van der Waals surface area (Å²) in [6.45, 7) is 2.63. The second kappa shape index (κ2) is 6.11. The Labute approximate surface area is 122 Å². The van der Waals surface area contributed by atoms with Crippen LogP contribution < -0.4 is 16.3 Å². The normalized spacial score (nSPS) is 14.6. The van der Waals surface area contributed by atoms with Crippen molar-refractivity contribution in [1.82, 2.24) is 20.2 Å². The number of nitrogens with zero attached hydrogens (tertiary/aromatic N) is 1. The van der Waals surface area contributed by atoms with Gasteiger partial charge in [0.25, 0.3) is 0 Å². The number of aromatic amines is 1. The van der Waals surface area contributed by atoms with Gasteiger partial charge < -0.3 is 15.6 Å². The molecule has 0 atom stereocenters. The Morgan fingerprint density at radius 3 is 2.80 bits per heavy atom. The van der Waals surface area contributed by atoms with E-state index in [1.54, 1.807) is 0 Å². The maximum atomic E-state index is 11.8. The lowest BCUT2D eigenvalue weighted by Gasteiger charge is -2.27. The fraction of sp³-hybridized carbons (Fsp3) is 0.385. The third kappa shape index (κ3) is 2.86. The van der Waals surface area contributed by atoms with Gasteiger partial charge in [0, 0.05) is 25.6 Å². The number of amides is 1. The van der Waals surface area contributed by atoms with Crippen LogP contribution in [0.4, 0.5) is 0 Å². The molecule has 7 heteroatoms. The van der Waals surface area contributed by atoms with E-state index in [0.717, 1.165) is 24.1 Å². The van der Waals surface area contributed by atoms with Crippen LogP contribution in [0.15, 0.2) is 29.1 Å². The SMILES string of the molecule is Cl.O=C(Cn1c(=O)[nH]c2ccccc21)NCC1CNC1. The molecular weight excluding hydrogens is 280 g/mol. The molecule has 108 valence electrons. The van der Waals surface area contributed by atoms with E-state index in [4.69, 9.17) is 0 Å². The van der Waals surface area contributed by atoms with Crippen molar-refractivity contribution in [2.45, 2.75) is 6.54 Å². The molecule has 1 saturated heterocycles. The van der Waals surface area contributed by atoms with Crippen LogP contribution in [0.25, 0.3) is 11.0 Å². The largest absolute Gasteiger partial charge is 0.354 e. The molecule has 20 heavy (non-hydrogen) atoms. The molecule has 6 nitrogen and oxygen atoms in total. The van der Waals surface area contributed by atoms with Crippen molar-refractivity contribution in [2.75, 3.05) is 19.6 Å². The number of hydrogen-bond acceptors (Lipinski definition) is 3. The van der Waals surface area contributed by atoms with E-state index in [1.807, 2.05) is 24.3 Å². The van der Waals surface area contributed by atoms with Crippen molar-refractivity contribution in [3.8, 4) is 0 Å². The third-order valence-corrected chi connectivity index (χ3v) is 3.44. The number of benzene rings is 1. The number of H-pyrrole nitrogens is 1. The molecule has 1 amide bonds. The van der Waals surface area contributed by atoms with Gasteiger partial charge in [-0.2, -0.15) is 0 Å². The molecule has 2 aromatic rings. The zero-order chi connectivity index (χ0) is 13.2. The van der Waals surface area contributed by atoms with Crippen LogP contribution in [0.2, 0.25) is 0 Å². The first-order valence-corrected chi connectivity index (χ1v) is 6.39. The zero-order valence-corrected chi connectivity index (χ0v) is 11.7. The average molecular weight is 297 g/mol. The number of carbonyl (C=O) groups is 1. The molecule has 3 N–H and O–H groups in total. The van der Waals surface area contributed by atoms with Crippen LogP contribution in [0.5, 0.6) is 0 Å². The van der Waals surface area contributed by atoms with Gasteiger partial charge in [-0.15, -0.1) is 12.4 Å². The first-order chi connectivity index (χ1) is 9.24. The van der Waals surface area contributed by atoms with Crippen LogP contribution in [-0.4, -0.2) is 35.1 Å². The molecule has 0 spiro atoms. The van der Waals surface area contributed by atoms with E-state index in [0.29, 0.717) is 12.5 Å². The summed E-state index contributed by atoms with van der Waals surface area (Å²) in [7, 11) is 0. The van der Waals surface area contributed by atoms with E-state index >= 15 is 0 Å². The van der Waals surface area contributed by atoms with Gasteiger partial charge in [-0.1, -0.05) is 12.1 Å². The summed E-state index contributed by atoms with van der Waals surface area (Å²) in [6.07, 6.45) is 0. The molecule has 1 aliphatic rings. The molecule has 1 aromatic heterocycles. The second-order valence-corrected chi connectivity index (χ2v) is 4.86. The number of imidazole rings is 1. The van der Waals surface area contributed by atoms with Crippen molar-refractivity contribution in [3.63, 3.8) is 0 Å². The minimum Gasteiger partial charge on any atom is -0.354 e. The lowest BCUT2D eigenvalue weighted by Crippen LogP contribution is -2.48. The zero-order valence-electron chi connectivity index (χ0n) is 10.9. The lowest BCUT2D eigenvalue weighted by molar-refractivity contribution is -0.121. The van der Waals surface area contributed by atoms with Gasteiger partial charge in [0.15, 0.2) is 0 Å². The van der Waals surface area contributed by atoms with Gasteiger partial charge >= 0.3 is 5.69 Å². The average Bonchev–Trinajstić information content (AvgIpc) is 2.64. The highest BCUT2D eigenvalue weighted by molar-refractivity contribution is 5.85. The number of hydrogen-bond donors (Lipinski definition) is 3. The quantitative estimate of drug-likeness (QED) is 0.748. The van der Waals surface area contributed by atoms with E-state index < -0.39 is 0 Å². The Balaban J connectivity index is 0.00000147. The summed E-state index contributed by atoms with van der Waals surface area (Å²) in [5.74, 6) is 0.391. The molecular formula is C13H17ClN4O2. The fourth-order valence-electron chi connectivity index (χ4n) is 2.21. The Kier molecular flexibility index (Phi) is 4.46. The fourth-order valence-corrected chi connectivity index (χ4v) is 2.21. The molecule has 0 radical (unpaired) electrons. The summed E-state index contributed by atoms with van der Waals surface area (Å²) in [5, 5.41) is 6.01. The van der Waals surface area contributed by atoms with Gasteiger partial charge in [0.1, 0.15) is 6.54 Å². The highest BCUT2D eigenvalue weighted by Gasteiger charge is 2.17. The van der Waals surface area contributed by atoms with Crippen LogP contribution in [0.3, 0.4) is 0 Å². The molecule has 1 aromatic carbocycles. The Bertz CT molecular complexity index is 660. The van der Waals surface area contributed by atoms with Crippen molar-refractivity contribution in [2.24, 2.45) is 5.92 Å². The first-order valence-electron chi connectivity index (χ1n) is 6.39. The number of para-hydroxylation sites is 2. The monoisotopic (exact) mass is 296 g/mol. The summed E-state index contributed by atoms with van der Waals surface area (Å²) in [6, 6.07) is 7.36. The number of fused-ring (bicyclic) bond motifs is 1. The summed E-state index contributed by atoms with van der Waals surface area (Å²) in [4.78, 5) is 26.4. The van der Waals surface area contributed by atoms with Crippen molar-refractivity contribution >= 4 is 29.3 Å². The molecule has 0 aliphatic carbocycles. The maximum absolute atomic E-state index is 11.8. The molecule has 0 bridgehead atoms. The van der Waals surface area contributed by atoms with Crippen molar-refractivity contribution in [1.29, 1.82) is 0 Å². The van der Waals surface area contributed by atoms with Crippen LogP contribution >= 0.6 is 12.4 Å². The highest BCUT2D eigenvalue weighted by atomic mass is 35.5. The summed E-state index contributed by atoms with van der Waals surface area (Å²) >= 11 is 0. The van der Waals surface area contributed by atoms with E-state index in [9.17, 15) is 9.59 Å². The number of nitrogens with one attached hydrogen (secondary N) is 3. The van der Waals surface area contributed by atoms with Gasteiger partial charge in [-0.25, -0.2) is 4.79 Å². The van der Waals surface area contributed by atoms with Crippen LogP contribution in [0, 0.1) is 5.92 Å². The molecule has 3 rings (SSSR count). The van der Waals surface area contributed by atoms with E-state index in [1.165, 1.54) is 4.57 Å². The third-order valence-electron chi connectivity index (χ3n) is 3.44. The lowest BCUT2D eigenvalue weighted by atomic mass is 10.0. The molecule has 0 saturated carbocycles.